The molecule has 1 saturated carbocycles. The van der Waals surface area contributed by atoms with Gasteiger partial charge in [0, 0.05) is 0 Å². The highest BCUT2D eigenvalue weighted by Gasteiger charge is 2.75. The zero-order chi connectivity index (χ0) is 4.36. The van der Waals surface area contributed by atoms with Gasteiger partial charge >= 0.3 is 0 Å². The normalized spacial score (nSPS) is 57.0. The van der Waals surface area contributed by atoms with Gasteiger partial charge in [-0.1, -0.05) is 0 Å². The summed E-state index contributed by atoms with van der Waals surface area (Å²) in [6.45, 7) is 0. The van der Waals surface area contributed by atoms with Crippen molar-refractivity contribution in [2.45, 2.75) is 18.5 Å². The van der Waals surface area contributed by atoms with Crippen molar-refractivity contribution in [3.63, 3.8) is 0 Å². The Morgan fingerprint density at radius 2 is 1.67 bits per heavy atom. The molecule has 0 radical (unpaired) electrons. The van der Waals surface area contributed by atoms with Gasteiger partial charge in [0.2, 0.25) is 0 Å². The first kappa shape index (κ1) is 3.03. The van der Waals surface area contributed by atoms with Crippen LogP contribution in [0, 0.1) is 0 Å². The molecule has 0 spiro atoms. The van der Waals surface area contributed by atoms with Crippen LogP contribution in [0.2, 0.25) is 0 Å². The minimum Gasteiger partial charge on any atom is -0.313 e. The smallest absolute Gasteiger partial charge is 0.148 e. The van der Waals surface area contributed by atoms with E-state index in [0.29, 0.717) is 0 Å². The molecule has 0 N–H and O–H groups in total. The molecule has 0 bridgehead atoms. The average molecular weight is 84.1 g/mol. The molecular formula is C5H10N+. The lowest BCUT2D eigenvalue weighted by Gasteiger charge is -2.10. The molecule has 1 heteroatoms. The third-order valence-corrected chi connectivity index (χ3v) is 2.34. The zero-order valence-electron chi connectivity index (χ0n) is 4.31. The fourth-order valence-electron chi connectivity index (χ4n) is 1.33. The molecule has 2 atom stereocenters. The maximum absolute atomic E-state index is 2.30. The Balaban J connectivity index is 2.21. The second kappa shape index (κ2) is 0.463. The van der Waals surface area contributed by atoms with Gasteiger partial charge in [0.15, 0.2) is 0 Å². The molecule has 2 fully saturated rings. The van der Waals surface area contributed by atoms with Gasteiger partial charge in [0.1, 0.15) is 12.1 Å². The number of likely N-dealkylation sites (N-methyl/N-ethyl adjacent to an activating group) is 1. The SMILES string of the molecule is C[N+]1(C)C2CC21. The summed E-state index contributed by atoms with van der Waals surface area (Å²) in [4.78, 5) is 0. The molecule has 1 nitrogen and oxygen atoms in total. The molecular weight excluding hydrogens is 74.1 g/mol. The first-order valence-electron chi connectivity index (χ1n) is 2.56. The molecule has 2 rings (SSSR count). The van der Waals surface area contributed by atoms with Gasteiger partial charge < -0.3 is 4.48 Å². The second-order valence-electron chi connectivity index (χ2n) is 3.00. The van der Waals surface area contributed by atoms with Crippen LogP contribution in [0.5, 0.6) is 0 Å². The maximum Gasteiger partial charge on any atom is 0.148 e. The molecule has 0 aromatic carbocycles. The van der Waals surface area contributed by atoms with E-state index in [1.807, 2.05) is 0 Å². The third-order valence-electron chi connectivity index (χ3n) is 2.34. The van der Waals surface area contributed by atoms with Crippen molar-refractivity contribution in [2.24, 2.45) is 0 Å². The lowest BCUT2D eigenvalue weighted by Crippen LogP contribution is -2.24. The van der Waals surface area contributed by atoms with E-state index < -0.39 is 0 Å². The number of hydrogen-bond acceptors (Lipinski definition) is 0. The first-order chi connectivity index (χ1) is 2.73. The molecule has 2 unspecified atom stereocenters. The predicted molar refractivity (Wildman–Crippen MR) is 24.3 cm³/mol. The van der Waals surface area contributed by atoms with E-state index in [2.05, 4.69) is 14.1 Å². The Hall–Kier alpha value is -0.0400. The minimum atomic E-state index is 1.10. The van der Waals surface area contributed by atoms with Crippen molar-refractivity contribution in [1.29, 1.82) is 0 Å². The van der Waals surface area contributed by atoms with Crippen molar-refractivity contribution in [3.05, 3.63) is 0 Å². The average Bonchev–Trinajstić information content (AvgIpc) is 2.13. The van der Waals surface area contributed by atoms with E-state index in [1.165, 1.54) is 10.9 Å². The standard InChI is InChI=1S/C5H10N/c1-6(2)4-3-5(4)6/h4-5H,3H2,1-2H3/q+1. The topological polar surface area (TPSA) is 0 Å². The molecule has 0 amide bonds. The molecule has 1 aliphatic heterocycles. The predicted octanol–water partition coefficient (Wildman–Crippen LogP) is 0.217. The lowest BCUT2D eigenvalue weighted by molar-refractivity contribution is -0.808. The second-order valence-corrected chi connectivity index (χ2v) is 3.00. The summed E-state index contributed by atoms with van der Waals surface area (Å²) >= 11 is 0. The highest BCUT2D eigenvalue weighted by atomic mass is 15.6. The monoisotopic (exact) mass is 84.1 g/mol. The summed E-state index contributed by atoms with van der Waals surface area (Å²) in [6, 6.07) is 2.20. The van der Waals surface area contributed by atoms with Crippen molar-refractivity contribution in [2.75, 3.05) is 14.1 Å². The summed E-state index contributed by atoms with van der Waals surface area (Å²) in [5.74, 6) is 0. The summed E-state index contributed by atoms with van der Waals surface area (Å²) in [5, 5.41) is 0. The molecule has 6 heavy (non-hydrogen) atoms. The molecule has 2 aliphatic rings. The van der Waals surface area contributed by atoms with Crippen LogP contribution in [0.25, 0.3) is 0 Å². The number of quaternary nitrogens is 1. The van der Waals surface area contributed by atoms with E-state index in [-0.39, 0.29) is 0 Å². The summed E-state index contributed by atoms with van der Waals surface area (Å²) in [5.41, 5.74) is 0. The fourth-order valence-corrected chi connectivity index (χ4v) is 1.33. The van der Waals surface area contributed by atoms with Gasteiger partial charge in [-0.15, -0.1) is 0 Å². The van der Waals surface area contributed by atoms with Crippen molar-refractivity contribution in [3.8, 4) is 0 Å². The molecule has 0 aromatic rings. The van der Waals surface area contributed by atoms with Crippen LogP contribution in [0.3, 0.4) is 0 Å². The van der Waals surface area contributed by atoms with E-state index in [1.54, 1.807) is 0 Å². The van der Waals surface area contributed by atoms with Crippen LogP contribution < -0.4 is 0 Å². The van der Waals surface area contributed by atoms with Crippen LogP contribution in [-0.2, 0) is 0 Å². The Kier molecular flexibility index (Phi) is 0.234. The number of nitrogens with zero attached hydrogens (tertiary/aromatic N) is 1. The molecule has 1 saturated heterocycles. The number of hydrogen-bond donors (Lipinski definition) is 0. The third kappa shape index (κ3) is 0.136. The van der Waals surface area contributed by atoms with Crippen LogP contribution >= 0.6 is 0 Å². The van der Waals surface area contributed by atoms with Gasteiger partial charge in [0.05, 0.1) is 20.5 Å². The highest BCUT2D eigenvalue weighted by Crippen LogP contribution is 2.55. The van der Waals surface area contributed by atoms with E-state index in [4.69, 9.17) is 0 Å². The van der Waals surface area contributed by atoms with Gasteiger partial charge in [-0.05, 0) is 0 Å². The molecule has 1 aliphatic carbocycles. The van der Waals surface area contributed by atoms with Crippen LogP contribution in [0.15, 0.2) is 0 Å². The Bertz CT molecular complexity index is 86.1. The van der Waals surface area contributed by atoms with Gasteiger partial charge in [-0.25, -0.2) is 0 Å². The Morgan fingerprint density at radius 1 is 1.33 bits per heavy atom. The molecule has 1 heterocycles. The minimum absolute atomic E-state index is 1.10. The van der Waals surface area contributed by atoms with Gasteiger partial charge in [0.25, 0.3) is 0 Å². The largest absolute Gasteiger partial charge is 0.313 e. The van der Waals surface area contributed by atoms with Crippen LogP contribution in [-0.4, -0.2) is 30.7 Å². The van der Waals surface area contributed by atoms with E-state index in [0.717, 1.165) is 12.1 Å². The number of fused-ring (bicyclic) bond motifs is 1. The van der Waals surface area contributed by atoms with Crippen molar-refractivity contribution in [1.82, 2.24) is 0 Å². The van der Waals surface area contributed by atoms with Crippen LogP contribution in [0.1, 0.15) is 6.42 Å². The summed E-state index contributed by atoms with van der Waals surface area (Å²) in [6.07, 6.45) is 1.52. The summed E-state index contributed by atoms with van der Waals surface area (Å²) in [7, 11) is 4.61. The zero-order valence-corrected chi connectivity index (χ0v) is 4.31. The molecule has 34 valence electrons. The maximum atomic E-state index is 2.30. The van der Waals surface area contributed by atoms with Crippen LogP contribution in [0.4, 0.5) is 0 Å². The summed E-state index contributed by atoms with van der Waals surface area (Å²) < 4.78 is 1.33. The van der Waals surface area contributed by atoms with Gasteiger partial charge in [-0.2, -0.15) is 0 Å². The van der Waals surface area contributed by atoms with Gasteiger partial charge in [-0.3, -0.25) is 0 Å². The number of rotatable bonds is 0. The first-order valence-corrected chi connectivity index (χ1v) is 2.56. The van der Waals surface area contributed by atoms with E-state index >= 15 is 0 Å². The van der Waals surface area contributed by atoms with E-state index in [9.17, 15) is 0 Å². The Morgan fingerprint density at radius 3 is 1.67 bits per heavy atom. The number of likely N-dealkylation sites (tertiary alicyclic amines) is 1. The Labute approximate surface area is 38.2 Å². The molecule has 0 aromatic heterocycles. The fraction of sp³-hybridized carbons (Fsp3) is 1.00. The highest BCUT2D eigenvalue weighted by molar-refractivity contribution is 5.04. The van der Waals surface area contributed by atoms with Crippen molar-refractivity contribution >= 4 is 0 Å². The van der Waals surface area contributed by atoms with Crippen molar-refractivity contribution < 1.29 is 4.48 Å². The quantitative estimate of drug-likeness (QED) is 0.291. The lowest BCUT2D eigenvalue weighted by atomic mass is 10.6.